The van der Waals surface area contributed by atoms with Crippen LogP contribution < -0.4 is 24.7 Å². The van der Waals surface area contributed by atoms with Crippen LogP contribution in [0.2, 0.25) is 5.02 Å². The zero-order valence-corrected chi connectivity index (χ0v) is 18.6. The van der Waals surface area contributed by atoms with Crippen molar-refractivity contribution >= 4 is 28.3 Å². The van der Waals surface area contributed by atoms with Gasteiger partial charge in [0, 0.05) is 28.1 Å². The molecule has 0 N–H and O–H groups in total. The minimum atomic E-state index is -0.208. The number of fused-ring (bicyclic) bond motifs is 4. The SMILES string of the molecule is COc1cc(OC)c(N2COc3c(cc4c5c(c(=O)oc4c3C)CCCC5)C2)cc1Cl. The van der Waals surface area contributed by atoms with Gasteiger partial charge in [0.1, 0.15) is 22.8 Å². The molecule has 31 heavy (non-hydrogen) atoms. The highest BCUT2D eigenvalue weighted by molar-refractivity contribution is 6.32. The van der Waals surface area contributed by atoms with Crippen molar-refractivity contribution in [3.8, 4) is 17.2 Å². The number of ether oxygens (including phenoxy) is 3. The first-order valence-electron chi connectivity index (χ1n) is 10.4. The Morgan fingerprint density at radius 2 is 1.77 bits per heavy atom. The predicted molar refractivity (Wildman–Crippen MR) is 120 cm³/mol. The lowest BCUT2D eigenvalue weighted by Gasteiger charge is -2.33. The molecule has 6 nitrogen and oxygen atoms in total. The van der Waals surface area contributed by atoms with Gasteiger partial charge in [0.05, 0.1) is 31.5 Å². The van der Waals surface area contributed by atoms with E-state index in [0.717, 1.165) is 64.8 Å². The van der Waals surface area contributed by atoms with Gasteiger partial charge in [-0.25, -0.2) is 4.79 Å². The molecule has 0 atom stereocenters. The third-order valence-corrected chi connectivity index (χ3v) is 6.59. The lowest BCUT2D eigenvalue weighted by molar-refractivity contribution is 0.285. The summed E-state index contributed by atoms with van der Waals surface area (Å²) >= 11 is 6.39. The van der Waals surface area contributed by atoms with E-state index in [1.807, 2.05) is 13.0 Å². The van der Waals surface area contributed by atoms with Crippen molar-refractivity contribution in [3.63, 3.8) is 0 Å². The summed E-state index contributed by atoms with van der Waals surface area (Å²) in [5, 5.41) is 1.53. The molecule has 0 unspecified atom stereocenters. The first-order chi connectivity index (χ1) is 15.0. The maximum Gasteiger partial charge on any atom is 0.339 e. The summed E-state index contributed by atoms with van der Waals surface area (Å²) in [5.74, 6) is 2.00. The molecule has 0 amide bonds. The number of rotatable bonds is 3. The summed E-state index contributed by atoms with van der Waals surface area (Å²) in [5.41, 5.74) is 5.15. The second-order valence-corrected chi connectivity index (χ2v) is 8.46. The first-order valence-corrected chi connectivity index (χ1v) is 10.8. The van der Waals surface area contributed by atoms with Crippen molar-refractivity contribution in [1.29, 1.82) is 0 Å². The molecule has 7 heteroatoms. The summed E-state index contributed by atoms with van der Waals surface area (Å²) in [6.45, 7) is 2.91. The van der Waals surface area contributed by atoms with E-state index in [1.54, 1.807) is 20.3 Å². The normalized spacial score (nSPS) is 15.3. The van der Waals surface area contributed by atoms with E-state index in [0.29, 0.717) is 35.4 Å². The van der Waals surface area contributed by atoms with E-state index in [2.05, 4.69) is 11.0 Å². The molecular formula is C24H24ClNO5. The van der Waals surface area contributed by atoms with Gasteiger partial charge in [-0.1, -0.05) is 11.6 Å². The summed E-state index contributed by atoms with van der Waals surface area (Å²) in [6, 6.07) is 5.74. The van der Waals surface area contributed by atoms with Crippen molar-refractivity contribution in [2.75, 3.05) is 25.9 Å². The highest BCUT2D eigenvalue weighted by atomic mass is 35.5. The van der Waals surface area contributed by atoms with Gasteiger partial charge in [0.2, 0.25) is 0 Å². The fourth-order valence-corrected chi connectivity index (χ4v) is 4.98. The van der Waals surface area contributed by atoms with Crippen molar-refractivity contribution in [2.24, 2.45) is 0 Å². The molecule has 1 aliphatic heterocycles. The monoisotopic (exact) mass is 441 g/mol. The van der Waals surface area contributed by atoms with E-state index in [-0.39, 0.29) is 5.63 Å². The van der Waals surface area contributed by atoms with Crippen LogP contribution in [0, 0.1) is 6.92 Å². The topological polar surface area (TPSA) is 61.1 Å². The molecule has 3 aromatic rings. The van der Waals surface area contributed by atoms with E-state index in [4.69, 9.17) is 30.2 Å². The Morgan fingerprint density at radius 3 is 2.52 bits per heavy atom. The lowest BCUT2D eigenvalue weighted by Crippen LogP contribution is -2.32. The van der Waals surface area contributed by atoms with Crippen LogP contribution in [0.15, 0.2) is 27.4 Å². The first kappa shape index (κ1) is 20.1. The maximum absolute atomic E-state index is 12.5. The van der Waals surface area contributed by atoms with Gasteiger partial charge in [0.25, 0.3) is 0 Å². The number of halogens is 1. The molecule has 0 saturated heterocycles. The number of nitrogens with zero attached hydrogens (tertiary/aromatic N) is 1. The van der Waals surface area contributed by atoms with Crippen LogP contribution in [0.4, 0.5) is 5.69 Å². The average molecular weight is 442 g/mol. The Kier molecular flexibility index (Phi) is 4.97. The van der Waals surface area contributed by atoms with Crippen molar-refractivity contribution in [2.45, 2.75) is 39.2 Å². The molecule has 1 aromatic heterocycles. The Balaban J connectivity index is 1.62. The highest BCUT2D eigenvalue weighted by Crippen LogP contribution is 2.42. The number of hydrogen-bond donors (Lipinski definition) is 0. The van der Waals surface area contributed by atoms with Crippen LogP contribution in [-0.2, 0) is 19.4 Å². The Bertz CT molecular complexity index is 1250. The second kappa shape index (κ2) is 7.68. The number of methoxy groups -OCH3 is 2. The second-order valence-electron chi connectivity index (χ2n) is 8.05. The molecule has 1 aliphatic carbocycles. The molecule has 0 saturated carbocycles. The van der Waals surface area contributed by atoms with Gasteiger partial charge in [-0.05, 0) is 50.3 Å². The van der Waals surface area contributed by atoms with Crippen LogP contribution in [0.1, 0.15) is 35.1 Å². The number of hydrogen-bond acceptors (Lipinski definition) is 6. The maximum atomic E-state index is 12.5. The van der Waals surface area contributed by atoms with E-state index in [1.165, 1.54) is 0 Å². The van der Waals surface area contributed by atoms with Gasteiger partial charge in [0.15, 0.2) is 6.73 Å². The van der Waals surface area contributed by atoms with Crippen molar-refractivity contribution < 1.29 is 18.6 Å². The van der Waals surface area contributed by atoms with E-state index < -0.39 is 0 Å². The zero-order chi connectivity index (χ0) is 21.7. The fraction of sp³-hybridized carbons (Fsp3) is 0.375. The Hall–Kier alpha value is -2.86. The number of anilines is 1. The summed E-state index contributed by atoms with van der Waals surface area (Å²) in [7, 11) is 3.20. The summed E-state index contributed by atoms with van der Waals surface area (Å²) < 4.78 is 22.8. The molecule has 0 bridgehead atoms. The lowest BCUT2D eigenvalue weighted by atomic mass is 9.89. The van der Waals surface area contributed by atoms with Crippen molar-refractivity contribution in [1.82, 2.24) is 0 Å². The largest absolute Gasteiger partial charge is 0.495 e. The molecule has 2 heterocycles. The molecular weight excluding hydrogens is 418 g/mol. The molecule has 5 rings (SSSR count). The smallest absolute Gasteiger partial charge is 0.339 e. The predicted octanol–water partition coefficient (Wildman–Crippen LogP) is 5.01. The van der Waals surface area contributed by atoms with Crippen LogP contribution >= 0.6 is 11.6 Å². The zero-order valence-electron chi connectivity index (χ0n) is 17.8. The van der Waals surface area contributed by atoms with Gasteiger partial charge >= 0.3 is 5.63 Å². The fourth-order valence-electron chi connectivity index (χ4n) is 4.75. The standard InChI is InChI=1S/C24H24ClNO5/c1-13-22-14(8-17-15-6-4-5-7-16(15)24(27)31-23(13)17)11-26(12-30-22)19-9-18(25)20(28-2)10-21(19)29-3/h8-10H,4-7,11-12H2,1-3H3. The Labute approximate surface area is 185 Å². The minimum absolute atomic E-state index is 0.208. The van der Waals surface area contributed by atoms with E-state index in [9.17, 15) is 4.79 Å². The van der Waals surface area contributed by atoms with Gasteiger partial charge in [-0.2, -0.15) is 0 Å². The summed E-state index contributed by atoms with van der Waals surface area (Å²) in [4.78, 5) is 14.6. The summed E-state index contributed by atoms with van der Waals surface area (Å²) in [6.07, 6.45) is 3.81. The van der Waals surface area contributed by atoms with Crippen LogP contribution in [-0.4, -0.2) is 21.0 Å². The molecule has 2 aliphatic rings. The molecule has 0 fully saturated rings. The van der Waals surface area contributed by atoms with Crippen LogP contribution in [0.25, 0.3) is 11.0 Å². The van der Waals surface area contributed by atoms with Gasteiger partial charge in [-0.3, -0.25) is 0 Å². The average Bonchev–Trinajstić information content (AvgIpc) is 2.80. The van der Waals surface area contributed by atoms with Crippen molar-refractivity contribution in [3.05, 3.63) is 55.9 Å². The van der Waals surface area contributed by atoms with Crippen LogP contribution in [0.5, 0.6) is 17.2 Å². The Morgan fingerprint density at radius 1 is 1.03 bits per heavy atom. The van der Waals surface area contributed by atoms with Gasteiger partial charge in [-0.15, -0.1) is 0 Å². The molecule has 162 valence electrons. The minimum Gasteiger partial charge on any atom is -0.495 e. The highest BCUT2D eigenvalue weighted by Gasteiger charge is 2.27. The number of aryl methyl sites for hydroxylation is 2. The number of benzene rings is 2. The quantitative estimate of drug-likeness (QED) is 0.532. The third kappa shape index (κ3) is 3.21. The van der Waals surface area contributed by atoms with E-state index >= 15 is 0 Å². The third-order valence-electron chi connectivity index (χ3n) is 6.29. The molecule has 0 radical (unpaired) electrons. The van der Waals surface area contributed by atoms with Crippen LogP contribution in [0.3, 0.4) is 0 Å². The molecule has 0 spiro atoms. The van der Waals surface area contributed by atoms with Gasteiger partial charge < -0.3 is 23.5 Å². The molecule has 2 aromatic carbocycles.